The number of aryl methyl sites for hydroxylation is 1. The minimum atomic E-state index is 0.652. The Labute approximate surface area is 99.4 Å². The van der Waals surface area contributed by atoms with E-state index < -0.39 is 0 Å². The molecule has 0 fully saturated rings. The minimum Gasteiger partial charge on any atom is -0.0980 e. The molecule has 0 N–H and O–H groups in total. The van der Waals surface area contributed by atoms with Crippen LogP contribution >= 0.6 is 0 Å². The topological polar surface area (TPSA) is 0 Å². The van der Waals surface area contributed by atoms with E-state index in [0.29, 0.717) is 5.92 Å². The molecule has 0 atom stereocenters. The van der Waals surface area contributed by atoms with Crippen LogP contribution in [-0.2, 0) is 0 Å². The highest BCUT2D eigenvalue weighted by atomic mass is 14.0. The van der Waals surface area contributed by atoms with Crippen molar-refractivity contribution in [2.45, 2.75) is 34.1 Å². The van der Waals surface area contributed by atoms with Gasteiger partial charge in [-0.25, -0.2) is 0 Å². The molecule has 1 rings (SSSR count). The lowest BCUT2D eigenvalue weighted by molar-refractivity contribution is 0.676. The Kier molecular flexibility index (Phi) is 4.86. The Balaban J connectivity index is 2.76. The standard InChI is InChI=1S/C16H20/c1-13(2)8-7-9-14(3)12-16-11-6-5-10-15(16)4/h5-6,10-13H,8H2,1-4H3/b14-12+. The zero-order chi connectivity index (χ0) is 12.0. The Morgan fingerprint density at radius 2 is 2.00 bits per heavy atom. The Bertz CT molecular complexity index is 425. The van der Waals surface area contributed by atoms with E-state index in [0.717, 1.165) is 12.0 Å². The fourth-order valence-corrected chi connectivity index (χ4v) is 1.41. The third-order valence-electron chi connectivity index (χ3n) is 2.36. The van der Waals surface area contributed by atoms with Crippen LogP contribution in [-0.4, -0.2) is 0 Å². The quantitative estimate of drug-likeness (QED) is 0.635. The van der Waals surface area contributed by atoms with Gasteiger partial charge < -0.3 is 0 Å². The summed E-state index contributed by atoms with van der Waals surface area (Å²) in [7, 11) is 0. The van der Waals surface area contributed by atoms with Crippen molar-refractivity contribution in [2.24, 2.45) is 5.92 Å². The first-order valence-electron chi connectivity index (χ1n) is 5.82. The van der Waals surface area contributed by atoms with Crippen molar-refractivity contribution >= 4 is 6.08 Å². The summed E-state index contributed by atoms with van der Waals surface area (Å²) in [6.45, 7) is 8.57. The van der Waals surface area contributed by atoms with E-state index in [9.17, 15) is 0 Å². The van der Waals surface area contributed by atoms with Crippen molar-refractivity contribution < 1.29 is 0 Å². The SMILES string of the molecule is C/C(C#CCC(C)C)=C\c1ccccc1C. The van der Waals surface area contributed by atoms with Gasteiger partial charge >= 0.3 is 0 Å². The molecular formula is C16H20. The Morgan fingerprint density at radius 1 is 1.31 bits per heavy atom. The molecule has 0 unspecified atom stereocenters. The van der Waals surface area contributed by atoms with Gasteiger partial charge in [0.2, 0.25) is 0 Å². The normalized spacial score (nSPS) is 11.2. The lowest BCUT2D eigenvalue weighted by Gasteiger charge is -1.99. The van der Waals surface area contributed by atoms with Gasteiger partial charge in [-0.05, 0) is 42.5 Å². The Hall–Kier alpha value is -1.48. The van der Waals surface area contributed by atoms with Gasteiger partial charge in [0.1, 0.15) is 0 Å². The number of allylic oxidation sites excluding steroid dienone is 1. The molecule has 0 aliphatic rings. The van der Waals surface area contributed by atoms with Crippen molar-refractivity contribution in [3.63, 3.8) is 0 Å². The second-order valence-electron chi connectivity index (χ2n) is 4.58. The molecule has 0 amide bonds. The maximum absolute atomic E-state index is 3.21. The maximum Gasteiger partial charge on any atom is 0.0115 e. The highest BCUT2D eigenvalue weighted by Crippen LogP contribution is 2.11. The molecule has 0 aliphatic carbocycles. The first kappa shape index (κ1) is 12.6. The van der Waals surface area contributed by atoms with E-state index in [1.165, 1.54) is 11.1 Å². The highest BCUT2D eigenvalue weighted by molar-refractivity contribution is 5.60. The highest BCUT2D eigenvalue weighted by Gasteiger charge is 1.92. The summed E-state index contributed by atoms with van der Waals surface area (Å²) in [4.78, 5) is 0. The molecule has 0 aliphatic heterocycles. The van der Waals surface area contributed by atoms with E-state index in [2.05, 4.69) is 69.9 Å². The molecule has 0 radical (unpaired) electrons. The molecule has 0 spiro atoms. The fraction of sp³-hybridized carbons (Fsp3) is 0.375. The molecule has 1 aromatic rings. The Morgan fingerprint density at radius 3 is 2.62 bits per heavy atom. The van der Waals surface area contributed by atoms with Crippen LogP contribution in [0.4, 0.5) is 0 Å². The van der Waals surface area contributed by atoms with Crippen LogP contribution < -0.4 is 0 Å². The van der Waals surface area contributed by atoms with Crippen molar-refractivity contribution in [3.8, 4) is 11.8 Å². The summed E-state index contributed by atoms with van der Waals surface area (Å²) in [5.74, 6) is 7.06. The van der Waals surface area contributed by atoms with Gasteiger partial charge in [-0.3, -0.25) is 0 Å². The molecule has 0 nitrogen and oxygen atoms in total. The van der Waals surface area contributed by atoms with Crippen molar-refractivity contribution in [3.05, 3.63) is 41.0 Å². The van der Waals surface area contributed by atoms with Crippen molar-refractivity contribution in [2.75, 3.05) is 0 Å². The van der Waals surface area contributed by atoms with Crippen LogP contribution in [0.5, 0.6) is 0 Å². The molecule has 84 valence electrons. The summed E-state index contributed by atoms with van der Waals surface area (Å²) in [6.07, 6.45) is 3.13. The van der Waals surface area contributed by atoms with Crippen LogP contribution in [0.3, 0.4) is 0 Å². The second kappa shape index (κ2) is 6.18. The van der Waals surface area contributed by atoms with Gasteiger partial charge in [0.25, 0.3) is 0 Å². The molecule has 16 heavy (non-hydrogen) atoms. The van der Waals surface area contributed by atoms with Gasteiger partial charge in [0.15, 0.2) is 0 Å². The molecule has 0 saturated heterocycles. The first-order chi connectivity index (χ1) is 7.59. The third-order valence-corrected chi connectivity index (χ3v) is 2.36. The third kappa shape index (κ3) is 4.36. The summed E-state index contributed by atoms with van der Waals surface area (Å²) in [5.41, 5.74) is 3.70. The van der Waals surface area contributed by atoms with Crippen LogP contribution in [0, 0.1) is 24.7 Å². The molecule has 0 saturated carbocycles. The molecule has 0 heteroatoms. The van der Waals surface area contributed by atoms with Gasteiger partial charge in [0, 0.05) is 6.42 Å². The molecule has 0 bridgehead atoms. The van der Waals surface area contributed by atoms with Crippen LogP contribution in [0.25, 0.3) is 6.08 Å². The summed E-state index contributed by atoms with van der Waals surface area (Å²) < 4.78 is 0. The molecule has 0 heterocycles. The zero-order valence-corrected chi connectivity index (χ0v) is 10.7. The number of benzene rings is 1. The molecular weight excluding hydrogens is 192 g/mol. The zero-order valence-electron chi connectivity index (χ0n) is 10.7. The van der Waals surface area contributed by atoms with E-state index in [-0.39, 0.29) is 0 Å². The van der Waals surface area contributed by atoms with Crippen LogP contribution in [0.15, 0.2) is 29.8 Å². The first-order valence-corrected chi connectivity index (χ1v) is 5.82. The van der Waals surface area contributed by atoms with Gasteiger partial charge in [-0.1, -0.05) is 50.0 Å². The maximum atomic E-state index is 3.21. The van der Waals surface area contributed by atoms with E-state index in [4.69, 9.17) is 0 Å². The summed E-state index contributed by atoms with van der Waals surface area (Å²) in [5, 5.41) is 0. The van der Waals surface area contributed by atoms with Crippen LogP contribution in [0.1, 0.15) is 38.3 Å². The number of hydrogen-bond donors (Lipinski definition) is 0. The van der Waals surface area contributed by atoms with Gasteiger partial charge in [-0.15, -0.1) is 0 Å². The van der Waals surface area contributed by atoms with Gasteiger partial charge in [0.05, 0.1) is 0 Å². The smallest absolute Gasteiger partial charge is 0.0115 e. The fourth-order valence-electron chi connectivity index (χ4n) is 1.41. The van der Waals surface area contributed by atoms with E-state index >= 15 is 0 Å². The predicted molar refractivity (Wildman–Crippen MR) is 72.1 cm³/mol. The average Bonchev–Trinajstić information content (AvgIpc) is 2.21. The van der Waals surface area contributed by atoms with Crippen molar-refractivity contribution in [1.82, 2.24) is 0 Å². The lowest BCUT2D eigenvalue weighted by Crippen LogP contribution is -1.83. The number of rotatable bonds is 2. The minimum absolute atomic E-state index is 0.652. The second-order valence-corrected chi connectivity index (χ2v) is 4.58. The average molecular weight is 212 g/mol. The number of hydrogen-bond acceptors (Lipinski definition) is 0. The summed E-state index contributed by atoms with van der Waals surface area (Å²) >= 11 is 0. The lowest BCUT2D eigenvalue weighted by atomic mass is 10.1. The van der Waals surface area contributed by atoms with Crippen LogP contribution in [0.2, 0.25) is 0 Å². The monoisotopic (exact) mass is 212 g/mol. The van der Waals surface area contributed by atoms with E-state index in [1.54, 1.807) is 0 Å². The molecule has 1 aromatic carbocycles. The van der Waals surface area contributed by atoms with E-state index in [1.807, 2.05) is 0 Å². The summed E-state index contributed by atoms with van der Waals surface area (Å²) in [6, 6.07) is 8.38. The van der Waals surface area contributed by atoms with Gasteiger partial charge in [-0.2, -0.15) is 0 Å². The largest absolute Gasteiger partial charge is 0.0980 e. The molecule has 0 aromatic heterocycles. The predicted octanol–water partition coefficient (Wildman–Crippen LogP) is 4.45. The van der Waals surface area contributed by atoms with Crippen molar-refractivity contribution in [1.29, 1.82) is 0 Å².